The molecule has 1 aliphatic heterocycles. The Bertz CT molecular complexity index is 752. The van der Waals surface area contributed by atoms with Crippen LogP contribution in [0.15, 0.2) is 30.3 Å². The van der Waals surface area contributed by atoms with Gasteiger partial charge in [0.15, 0.2) is 6.61 Å². The van der Waals surface area contributed by atoms with Gasteiger partial charge in [0.25, 0.3) is 11.6 Å². The zero-order valence-electron chi connectivity index (χ0n) is 14.8. The molecule has 0 saturated carbocycles. The van der Waals surface area contributed by atoms with Crippen LogP contribution in [0.1, 0.15) is 18.4 Å². The summed E-state index contributed by atoms with van der Waals surface area (Å²) in [5.41, 5.74) is 0.127. The minimum absolute atomic E-state index is 0.133. The summed E-state index contributed by atoms with van der Waals surface area (Å²) >= 11 is 0. The second-order valence-corrected chi connectivity index (χ2v) is 5.94. The van der Waals surface area contributed by atoms with Crippen molar-refractivity contribution >= 4 is 29.6 Å². The first kappa shape index (κ1) is 20.1. The number of nitro groups is 1. The van der Waals surface area contributed by atoms with Gasteiger partial charge in [-0.25, -0.2) is 4.79 Å². The smallest absolute Gasteiger partial charge is 0.331 e. The van der Waals surface area contributed by atoms with Crippen molar-refractivity contribution in [1.29, 1.82) is 0 Å². The Morgan fingerprint density at radius 1 is 1.26 bits per heavy atom. The van der Waals surface area contributed by atoms with Gasteiger partial charge in [-0.05, 0) is 25.0 Å². The number of methoxy groups -OCH3 is 1. The number of para-hydroxylation sites is 1. The maximum absolute atomic E-state index is 12.1. The highest BCUT2D eigenvalue weighted by molar-refractivity contribution is 5.90. The van der Waals surface area contributed by atoms with E-state index in [-0.39, 0.29) is 29.0 Å². The summed E-state index contributed by atoms with van der Waals surface area (Å²) in [6.45, 7) is 0.355. The van der Waals surface area contributed by atoms with Gasteiger partial charge in [-0.15, -0.1) is 0 Å². The minimum atomic E-state index is -0.772. The summed E-state index contributed by atoms with van der Waals surface area (Å²) in [4.78, 5) is 47.2. The van der Waals surface area contributed by atoms with Gasteiger partial charge in [0, 0.05) is 25.2 Å². The molecule has 1 fully saturated rings. The number of carbonyl (C=O) groups is 3. The summed E-state index contributed by atoms with van der Waals surface area (Å²) in [6, 6.07) is 5.96. The van der Waals surface area contributed by atoms with Gasteiger partial charge < -0.3 is 14.4 Å². The molecule has 0 aliphatic carbocycles. The molecule has 0 atom stereocenters. The van der Waals surface area contributed by atoms with Crippen LogP contribution in [0.4, 0.5) is 5.69 Å². The van der Waals surface area contributed by atoms with Crippen molar-refractivity contribution in [2.45, 2.75) is 12.8 Å². The number of rotatable bonds is 6. The fourth-order valence-corrected chi connectivity index (χ4v) is 2.76. The van der Waals surface area contributed by atoms with Gasteiger partial charge in [0.05, 0.1) is 23.5 Å². The van der Waals surface area contributed by atoms with Crippen LogP contribution in [0.3, 0.4) is 0 Å². The largest absolute Gasteiger partial charge is 0.469 e. The van der Waals surface area contributed by atoms with Crippen LogP contribution >= 0.6 is 0 Å². The number of benzene rings is 1. The second kappa shape index (κ2) is 9.46. The lowest BCUT2D eigenvalue weighted by atomic mass is 9.97. The van der Waals surface area contributed by atoms with Gasteiger partial charge in [-0.2, -0.15) is 0 Å². The molecule has 9 nitrogen and oxygen atoms in total. The predicted molar refractivity (Wildman–Crippen MR) is 94.4 cm³/mol. The third-order valence-corrected chi connectivity index (χ3v) is 4.25. The number of likely N-dealkylation sites (tertiary alicyclic amines) is 1. The molecule has 0 spiro atoms. The lowest BCUT2D eigenvalue weighted by Gasteiger charge is -2.30. The van der Waals surface area contributed by atoms with E-state index in [4.69, 9.17) is 4.74 Å². The van der Waals surface area contributed by atoms with E-state index in [9.17, 15) is 24.5 Å². The highest BCUT2D eigenvalue weighted by Gasteiger charge is 2.28. The molecule has 1 amide bonds. The first-order chi connectivity index (χ1) is 12.9. The number of ether oxygens (including phenoxy) is 2. The standard InChI is InChI=1S/C18H20N2O7/c1-26-18(23)14-8-10-19(11-9-14)16(21)12-27-17(22)7-6-13-4-2-3-5-15(13)20(24)25/h2-7,14H,8-12H2,1H3/b7-6+. The number of nitro benzene ring substituents is 1. The van der Waals surface area contributed by atoms with Crippen molar-refractivity contribution in [2.75, 3.05) is 26.8 Å². The zero-order valence-corrected chi connectivity index (χ0v) is 14.8. The van der Waals surface area contributed by atoms with Crippen molar-refractivity contribution in [1.82, 2.24) is 4.90 Å². The first-order valence-corrected chi connectivity index (χ1v) is 8.36. The van der Waals surface area contributed by atoms with E-state index in [1.165, 1.54) is 36.3 Å². The van der Waals surface area contributed by atoms with E-state index in [0.717, 1.165) is 6.08 Å². The number of hydrogen-bond acceptors (Lipinski definition) is 7. The third kappa shape index (κ3) is 5.63. The number of hydrogen-bond donors (Lipinski definition) is 0. The Hall–Kier alpha value is -3.23. The van der Waals surface area contributed by atoms with Gasteiger partial charge in [-0.3, -0.25) is 19.7 Å². The number of carbonyl (C=O) groups excluding carboxylic acids is 3. The number of nitrogens with zero attached hydrogens (tertiary/aromatic N) is 2. The van der Waals surface area contributed by atoms with E-state index in [0.29, 0.717) is 25.9 Å². The van der Waals surface area contributed by atoms with Crippen LogP contribution in [0.2, 0.25) is 0 Å². The first-order valence-electron chi connectivity index (χ1n) is 8.36. The molecule has 27 heavy (non-hydrogen) atoms. The maximum Gasteiger partial charge on any atom is 0.331 e. The van der Waals surface area contributed by atoms with E-state index >= 15 is 0 Å². The molecule has 1 saturated heterocycles. The average Bonchev–Trinajstić information content (AvgIpc) is 2.70. The van der Waals surface area contributed by atoms with Crippen LogP contribution in [-0.4, -0.2) is 54.5 Å². The maximum atomic E-state index is 12.1. The van der Waals surface area contributed by atoms with Crippen molar-refractivity contribution < 1.29 is 28.8 Å². The second-order valence-electron chi connectivity index (χ2n) is 5.94. The van der Waals surface area contributed by atoms with Crippen molar-refractivity contribution in [3.8, 4) is 0 Å². The van der Waals surface area contributed by atoms with E-state index in [1.54, 1.807) is 6.07 Å². The van der Waals surface area contributed by atoms with Gasteiger partial charge in [0.1, 0.15) is 0 Å². The molecule has 1 aromatic carbocycles. The van der Waals surface area contributed by atoms with Gasteiger partial charge in [-0.1, -0.05) is 12.1 Å². The molecule has 144 valence electrons. The lowest BCUT2D eigenvalue weighted by Crippen LogP contribution is -2.42. The van der Waals surface area contributed by atoms with E-state index in [2.05, 4.69) is 4.74 Å². The summed E-state index contributed by atoms with van der Waals surface area (Å²) in [7, 11) is 1.33. The fourth-order valence-electron chi connectivity index (χ4n) is 2.76. The molecule has 1 aliphatic rings. The Labute approximate surface area is 155 Å². The highest BCUT2D eigenvalue weighted by Crippen LogP contribution is 2.19. The molecule has 9 heteroatoms. The summed E-state index contributed by atoms with van der Waals surface area (Å²) in [5, 5.41) is 10.9. The summed E-state index contributed by atoms with van der Waals surface area (Å²) in [5.74, 6) is -1.63. The Kier molecular flexibility index (Phi) is 7.04. The monoisotopic (exact) mass is 376 g/mol. The van der Waals surface area contributed by atoms with Crippen LogP contribution in [0, 0.1) is 16.0 Å². The molecule has 0 bridgehead atoms. The normalized spacial score (nSPS) is 14.8. The fraction of sp³-hybridized carbons (Fsp3) is 0.389. The quantitative estimate of drug-likeness (QED) is 0.320. The van der Waals surface area contributed by atoms with Crippen LogP contribution in [-0.2, 0) is 23.9 Å². The topological polar surface area (TPSA) is 116 Å². The molecule has 1 heterocycles. The summed E-state index contributed by atoms with van der Waals surface area (Å²) < 4.78 is 9.59. The predicted octanol–water partition coefficient (Wildman–Crippen LogP) is 1.56. The van der Waals surface area contributed by atoms with Crippen molar-refractivity contribution in [2.24, 2.45) is 5.92 Å². The summed E-state index contributed by atoms with van der Waals surface area (Å²) in [6.07, 6.45) is 3.32. The molecular formula is C18H20N2O7. The lowest BCUT2D eigenvalue weighted by molar-refractivity contribution is -0.385. The molecule has 0 unspecified atom stereocenters. The van der Waals surface area contributed by atoms with Crippen LogP contribution < -0.4 is 0 Å². The van der Waals surface area contributed by atoms with E-state index in [1.807, 2.05) is 0 Å². The average molecular weight is 376 g/mol. The zero-order chi connectivity index (χ0) is 19.8. The Morgan fingerprint density at radius 3 is 2.56 bits per heavy atom. The van der Waals surface area contributed by atoms with Gasteiger partial charge in [0.2, 0.25) is 0 Å². The molecular weight excluding hydrogens is 356 g/mol. The SMILES string of the molecule is COC(=O)C1CCN(C(=O)COC(=O)/C=C/c2ccccc2[N+](=O)[O-])CC1. The molecule has 0 N–H and O–H groups in total. The minimum Gasteiger partial charge on any atom is -0.469 e. The van der Waals surface area contributed by atoms with Gasteiger partial charge >= 0.3 is 11.9 Å². The Morgan fingerprint density at radius 2 is 1.93 bits per heavy atom. The molecule has 2 rings (SSSR count). The molecule has 0 aromatic heterocycles. The molecule has 1 aromatic rings. The number of piperidine rings is 1. The van der Waals surface area contributed by atoms with Crippen LogP contribution in [0.25, 0.3) is 6.08 Å². The highest BCUT2D eigenvalue weighted by atomic mass is 16.6. The third-order valence-electron chi connectivity index (χ3n) is 4.25. The van der Waals surface area contributed by atoms with E-state index < -0.39 is 17.5 Å². The Balaban J connectivity index is 1.81. The van der Waals surface area contributed by atoms with Crippen molar-refractivity contribution in [3.05, 3.63) is 46.0 Å². The number of amides is 1. The molecule has 0 radical (unpaired) electrons. The van der Waals surface area contributed by atoms with Crippen LogP contribution in [0.5, 0.6) is 0 Å². The number of esters is 2. The van der Waals surface area contributed by atoms with Crippen molar-refractivity contribution in [3.63, 3.8) is 0 Å².